The van der Waals surface area contributed by atoms with E-state index in [9.17, 15) is 9.50 Å². The molecule has 2 nitrogen and oxygen atoms in total. The summed E-state index contributed by atoms with van der Waals surface area (Å²) in [6, 6.07) is 10.5. The van der Waals surface area contributed by atoms with Gasteiger partial charge in [-0.05, 0) is 29.9 Å². The van der Waals surface area contributed by atoms with E-state index in [4.69, 9.17) is 0 Å². The summed E-state index contributed by atoms with van der Waals surface area (Å²) in [6.45, 7) is 8.45. The summed E-state index contributed by atoms with van der Waals surface area (Å²) in [5.41, 5.74) is 1.58. The summed E-state index contributed by atoms with van der Waals surface area (Å²) in [5, 5.41) is 16.7. The molecule has 0 heterocycles. The molecule has 24 heavy (non-hydrogen) atoms. The summed E-state index contributed by atoms with van der Waals surface area (Å²) < 4.78 is 13.6. The van der Waals surface area contributed by atoms with Crippen molar-refractivity contribution in [2.24, 2.45) is 0 Å². The number of halogens is 2. The fraction of sp³-hybridized carbons (Fsp3) is 0.333. The van der Waals surface area contributed by atoms with Crippen molar-refractivity contribution >= 4 is 28.5 Å². The maximum atomic E-state index is 13.6. The van der Waals surface area contributed by atoms with E-state index in [1.54, 1.807) is 12.1 Å². The fourth-order valence-electron chi connectivity index (χ4n) is 2.04. The van der Waals surface area contributed by atoms with Crippen LogP contribution < -0.4 is 10.6 Å². The second-order valence-corrected chi connectivity index (χ2v) is 7.71. The van der Waals surface area contributed by atoms with E-state index in [0.717, 1.165) is 21.7 Å². The number of hydrogen-bond acceptors (Lipinski definition) is 1. The van der Waals surface area contributed by atoms with Gasteiger partial charge in [-0.25, -0.2) is 4.39 Å². The van der Waals surface area contributed by atoms with Gasteiger partial charge in [0, 0.05) is 5.30 Å². The monoisotopic (exact) mass is 401 g/mol. The van der Waals surface area contributed by atoms with Gasteiger partial charge in [0.1, 0.15) is 11.6 Å². The molecule has 1 unspecified atom stereocenters. The van der Waals surface area contributed by atoms with Crippen LogP contribution in [0.3, 0.4) is 0 Å². The minimum absolute atomic E-state index is 0.155. The average Bonchev–Trinajstić information content (AvgIpc) is 2.53. The molecule has 2 aromatic carbocycles. The predicted molar refractivity (Wildman–Crippen MR) is 99.5 cm³/mol. The molecule has 0 aliphatic rings. The first-order valence-electron chi connectivity index (χ1n) is 7.48. The van der Waals surface area contributed by atoms with E-state index < -0.39 is 0 Å². The van der Waals surface area contributed by atoms with Gasteiger partial charge in [0.05, 0.1) is 0 Å². The Kier molecular flexibility index (Phi) is 8.91. The molecule has 6 heteroatoms. The standard InChI is InChI=1S/C18H22FNOP.ClH.Ti/c1-12-6-5-7-16(17(12)21)22-15-9-8-14(19)10-13(15)11-20-18(2,3)4;;/h5-10,21-22H,11H2,1-4H3;1H;/q-1;;+2/p-1. The summed E-state index contributed by atoms with van der Waals surface area (Å²) in [6.07, 6.45) is 0. The summed E-state index contributed by atoms with van der Waals surface area (Å²) >= 11 is 1.47. The summed E-state index contributed by atoms with van der Waals surface area (Å²) in [5.74, 6) is 0.0741. The second-order valence-electron chi connectivity index (χ2n) is 6.38. The molecule has 2 rings (SSSR count). The molecule has 0 aliphatic carbocycles. The van der Waals surface area contributed by atoms with Crippen molar-refractivity contribution in [3.05, 3.63) is 58.7 Å². The molecule has 1 N–H and O–H groups in total. The number of nitrogens with zero attached hydrogens (tertiary/aromatic N) is 1. The summed E-state index contributed by atoms with van der Waals surface area (Å²) in [4.78, 5) is 0. The third kappa shape index (κ3) is 6.82. The minimum atomic E-state index is -0.249. The van der Waals surface area contributed by atoms with Gasteiger partial charge < -0.3 is 10.4 Å². The number of para-hydroxylation sites is 1. The van der Waals surface area contributed by atoms with Gasteiger partial charge >= 0.3 is 28.7 Å². The van der Waals surface area contributed by atoms with E-state index in [2.05, 4.69) is 14.6 Å². The Hall–Kier alpha value is -0.436. The third-order valence-electron chi connectivity index (χ3n) is 3.30. The predicted octanol–water partition coefficient (Wildman–Crippen LogP) is 4.83. The molecule has 128 valence electrons. The molecular formula is C18H22ClFNOPTi. The Balaban J connectivity index is 0.00000139. The average molecular weight is 402 g/mol. The Morgan fingerprint density at radius 3 is 2.46 bits per heavy atom. The van der Waals surface area contributed by atoms with Gasteiger partial charge in [-0.3, -0.25) is 0 Å². The van der Waals surface area contributed by atoms with Gasteiger partial charge in [0.15, 0.2) is 0 Å². The van der Waals surface area contributed by atoms with Crippen LogP contribution in [0.25, 0.3) is 5.32 Å². The Morgan fingerprint density at radius 1 is 1.17 bits per heavy atom. The van der Waals surface area contributed by atoms with Crippen LogP contribution >= 0.6 is 17.9 Å². The van der Waals surface area contributed by atoms with Gasteiger partial charge in [0.25, 0.3) is 0 Å². The number of phenols is 1. The fourth-order valence-corrected chi connectivity index (χ4v) is 3.31. The number of aromatic hydroxyl groups is 1. The van der Waals surface area contributed by atoms with Crippen LogP contribution in [0, 0.1) is 12.7 Å². The van der Waals surface area contributed by atoms with Crippen molar-refractivity contribution in [1.29, 1.82) is 0 Å². The zero-order valence-corrected chi connectivity index (χ0v) is 17.6. The van der Waals surface area contributed by atoms with Gasteiger partial charge in [-0.15, -0.1) is 12.1 Å². The molecule has 0 bridgehead atoms. The molecule has 0 aromatic heterocycles. The van der Waals surface area contributed by atoms with Gasteiger partial charge in [-0.2, -0.15) is 0 Å². The van der Waals surface area contributed by atoms with Crippen molar-refractivity contribution in [1.82, 2.24) is 0 Å². The van der Waals surface area contributed by atoms with Crippen molar-refractivity contribution in [3.8, 4) is 5.75 Å². The molecular weight excluding hydrogens is 379 g/mol. The Labute approximate surface area is 161 Å². The third-order valence-corrected chi connectivity index (χ3v) is 4.73. The second kappa shape index (κ2) is 9.89. The zero-order chi connectivity index (χ0) is 18.3. The summed E-state index contributed by atoms with van der Waals surface area (Å²) in [7, 11) is 4.92. The number of phenolic OH excluding ortho intramolecular Hbond substituents is 1. The molecule has 0 saturated heterocycles. The molecule has 0 saturated carbocycles. The zero-order valence-electron chi connectivity index (χ0n) is 14.3. The van der Waals surface area contributed by atoms with Gasteiger partial charge in [0.2, 0.25) is 0 Å². The molecule has 0 aliphatic heterocycles. The molecule has 0 fully saturated rings. The van der Waals surface area contributed by atoms with Crippen molar-refractivity contribution in [2.45, 2.75) is 39.8 Å². The topological polar surface area (TPSA) is 34.3 Å². The molecule has 2 aromatic rings. The van der Waals surface area contributed by atoms with E-state index in [0.29, 0.717) is 12.3 Å². The number of aryl methyl sites for hydroxylation is 1. The van der Waals surface area contributed by atoms with Gasteiger partial charge in [-0.1, -0.05) is 59.2 Å². The van der Waals surface area contributed by atoms with Crippen LogP contribution in [-0.2, 0) is 25.9 Å². The van der Waals surface area contributed by atoms with Crippen LogP contribution in [-0.4, -0.2) is 10.6 Å². The number of benzene rings is 2. The normalized spacial score (nSPS) is 11.4. The molecule has 1 atom stereocenters. The molecule has 0 amide bonds. The van der Waals surface area contributed by atoms with Crippen LogP contribution in [0.1, 0.15) is 31.9 Å². The van der Waals surface area contributed by atoms with E-state index in [1.807, 2.05) is 45.9 Å². The SMILES string of the molecule is Cc1cccc(Pc2ccc(F)cc2C[N-]C(C)(C)C)c1O.[Cl][Ti+]. The Morgan fingerprint density at radius 2 is 1.83 bits per heavy atom. The maximum absolute atomic E-state index is 13.6. The van der Waals surface area contributed by atoms with Crippen LogP contribution in [0.5, 0.6) is 5.75 Å². The van der Waals surface area contributed by atoms with E-state index in [-0.39, 0.29) is 19.9 Å². The first-order valence-corrected chi connectivity index (χ1v) is 10.6. The quantitative estimate of drug-likeness (QED) is 0.578. The van der Waals surface area contributed by atoms with Crippen LogP contribution in [0.4, 0.5) is 4.39 Å². The van der Waals surface area contributed by atoms with Crippen LogP contribution in [0.2, 0.25) is 0 Å². The van der Waals surface area contributed by atoms with Crippen LogP contribution in [0.15, 0.2) is 36.4 Å². The van der Waals surface area contributed by atoms with Crippen molar-refractivity contribution in [2.75, 3.05) is 0 Å². The Bertz CT molecular complexity index is 677. The first kappa shape index (κ1) is 21.6. The first-order chi connectivity index (χ1) is 11.3. The van der Waals surface area contributed by atoms with Crippen molar-refractivity contribution < 1.29 is 28.9 Å². The van der Waals surface area contributed by atoms with E-state index >= 15 is 0 Å². The molecule has 0 spiro atoms. The number of hydrogen-bond donors (Lipinski definition) is 1. The molecule has 0 radical (unpaired) electrons. The number of rotatable bonds is 4. The van der Waals surface area contributed by atoms with Crippen molar-refractivity contribution in [3.63, 3.8) is 0 Å². The van der Waals surface area contributed by atoms with E-state index in [1.165, 1.54) is 25.4 Å².